The fourth-order valence-corrected chi connectivity index (χ4v) is 2.94. The molecule has 2 amide bonds. The normalized spacial score (nSPS) is 14.5. The summed E-state index contributed by atoms with van der Waals surface area (Å²) in [5.74, 6) is -0.444. The monoisotopic (exact) mass is 347 g/mol. The molecule has 126 valence electrons. The predicted octanol–water partition coefficient (Wildman–Crippen LogP) is 2.35. The van der Waals surface area contributed by atoms with Crippen molar-refractivity contribution in [1.29, 1.82) is 0 Å². The number of nitrogens with zero attached hydrogens (tertiary/aromatic N) is 4. The van der Waals surface area contributed by atoms with Crippen LogP contribution in [0.2, 0.25) is 5.02 Å². The SMILES string of the molecule is Cn1cc(C(=O)Nc2ccc(C(=O)N3CCCCC3)c(Cl)c2)nn1. The molecule has 1 saturated heterocycles. The van der Waals surface area contributed by atoms with Gasteiger partial charge in [-0.3, -0.25) is 14.3 Å². The van der Waals surface area contributed by atoms with Gasteiger partial charge in [-0.1, -0.05) is 16.8 Å². The Kier molecular flexibility index (Phi) is 4.80. The minimum absolute atomic E-state index is 0.0634. The van der Waals surface area contributed by atoms with Crippen molar-refractivity contribution in [3.05, 3.63) is 40.7 Å². The van der Waals surface area contributed by atoms with Gasteiger partial charge in [0.2, 0.25) is 0 Å². The van der Waals surface area contributed by atoms with Crippen molar-refractivity contribution in [2.75, 3.05) is 18.4 Å². The molecule has 8 heteroatoms. The van der Waals surface area contributed by atoms with Crippen LogP contribution in [0.4, 0.5) is 5.69 Å². The first-order chi connectivity index (χ1) is 11.5. The third-order valence-electron chi connectivity index (χ3n) is 3.94. The number of anilines is 1. The van der Waals surface area contributed by atoms with Crippen LogP contribution < -0.4 is 5.32 Å². The Morgan fingerprint density at radius 3 is 2.58 bits per heavy atom. The topological polar surface area (TPSA) is 80.1 Å². The lowest BCUT2D eigenvalue weighted by molar-refractivity contribution is 0.0724. The molecule has 0 bridgehead atoms. The summed E-state index contributed by atoms with van der Waals surface area (Å²) in [4.78, 5) is 26.4. The molecule has 0 spiro atoms. The number of hydrogen-bond acceptors (Lipinski definition) is 4. The van der Waals surface area contributed by atoms with Crippen molar-refractivity contribution in [2.24, 2.45) is 7.05 Å². The van der Waals surface area contributed by atoms with Crippen molar-refractivity contribution in [2.45, 2.75) is 19.3 Å². The molecule has 1 aromatic carbocycles. The van der Waals surface area contributed by atoms with Gasteiger partial charge in [0.15, 0.2) is 5.69 Å². The molecule has 2 aromatic rings. The van der Waals surface area contributed by atoms with Gasteiger partial charge in [-0.2, -0.15) is 0 Å². The first kappa shape index (κ1) is 16.4. The van der Waals surface area contributed by atoms with E-state index in [2.05, 4.69) is 15.6 Å². The van der Waals surface area contributed by atoms with Crippen LogP contribution in [0.3, 0.4) is 0 Å². The molecule has 0 unspecified atom stereocenters. The van der Waals surface area contributed by atoms with Gasteiger partial charge in [0.25, 0.3) is 11.8 Å². The second-order valence-electron chi connectivity index (χ2n) is 5.78. The number of hydrogen-bond donors (Lipinski definition) is 1. The zero-order valence-corrected chi connectivity index (χ0v) is 14.1. The summed E-state index contributed by atoms with van der Waals surface area (Å²) in [6.07, 6.45) is 4.72. The van der Waals surface area contributed by atoms with Crippen molar-refractivity contribution in [3.8, 4) is 0 Å². The molecule has 7 nitrogen and oxygen atoms in total. The summed E-state index contributed by atoms with van der Waals surface area (Å²) in [5.41, 5.74) is 1.17. The van der Waals surface area contributed by atoms with Gasteiger partial charge < -0.3 is 10.2 Å². The number of carbonyl (C=O) groups is 2. The van der Waals surface area contributed by atoms with Crippen LogP contribution >= 0.6 is 11.6 Å². The summed E-state index contributed by atoms with van der Waals surface area (Å²) in [7, 11) is 1.68. The average Bonchev–Trinajstić information content (AvgIpc) is 3.02. The van der Waals surface area contributed by atoms with Crippen molar-refractivity contribution >= 4 is 29.1 Å². The maximum absolute atomic E-state index is 12.5. The van der Waals surface area contributed by atoms with E-state index in [1.54, 1.807) is 25.2 Å². The van der Waals surface area contributed by atoms with E-state index in [-0.39, 0.29) is 17.5 Å². The van der Waals surface area contributed by atoms with Crippen LogP contribution in [0.1, 0.15) is 40.1 Å². The van der Waals surface area contributed by atoms with Crippen molar-refractivity contribution in [1.82, 2.24) is 19.9 Å². The van der Waals surface area contributed by atoms with Crippen LogP contribution in [-0.2, 0) is 7.05 Å². The number of carbonyl (C=O) groups excluding carboxylic acids is 2. The fraction of sp³-hybridized carbons (Fsp3) is 0.375. The second-order valence-corrected chi connectivity index (χ2v) is 6.19. The highest BCUT2D eigenvalue weighted by Crippen LogP contribution is 2.24. The first-order valence-electron chi connectivity index (χ1n) is 7.81. The molecule has 1 N–H and O–H groups in total. The van der Waals surface area contributed by atoms with Crippen LogP contribution in [0.5, 0.6) is 0 Å². The van der Waals surface area contributed by atoms with E-state index in [1.165, 1.54) is 10.9 Å². The third-order valence-corrected chi connectivity index (χ3v) is 4.25. The van der Waals surface area contributed by atoms with Gasteiger partial charge in [0.1, 0.15) is 0 Å². The number of piperidine rings is 1. The minimum Gasteiger partial charge on any atom is -0.339 e. The number of rotatable bonds is 3. The van der Waals surface area contributed by atoms with Gasteiger partial charge in [-0.15, -0.1) is 5.10 Å². The number of amides is 2. The molecule has 0 radical (unpaired) electrons. The molecule has 0 atom stereocenters. The average molecular weight is 348 g/mol. The molecule has 2 heterocycles. The van der Waals surface area contributed by atoms with Crippen molar-refractivity contribution in [3.63, 3.8) is 0 Å². The molecule has 24 heavy (non-hydrogen) atoms. The Balaban J connectivity index is 1.72. The number of aromatic nitrogens is 3. The summed E-state index contributed by atoms with van der Waals surface area (Å²) in [5, 5.41) is 10.5. The molecular formula is C16H18ClN5O2. The van der Waals surface area contributed by atoms with Crippen LogP contribution in [0, 0.1) is 0 Å². The Morgan fingerprint density at radius 2 is 1.96 bits per heavy atom. The Morgan fingerprint density at radius 1 is 1.21 bits per heavy atom. The number of halogens is 1. The largest absolute Gasteiger partial charge is 0.339 e. The van der Waals surface area contributed by atoms with Gasteiger partial charge in [0, 0.05) is 25.8 Å². The fourth-order valence-electron chi connectivity index (χ4n) is 2.68. The van der Waals surface area contributed by atoms with E-state index in [1.807, 2.05) is 4.90 Å². The lowest BCUT2D eigenvalue weighted by Gasteiger charge is -2.27. The van der Waals surface area contributed by atoms with Gasteiger partial charge >= 0.3 is 0 Å². The minimum atomic E-state index is -0.380. The standard InChI is InChI=1S/C16H18ClN5O2/c1-21-10-14(19-20-21)15(23)18-11-5-6-12(13(17)9-11)16(24)22-7-3-2-4-8-22/h5-6,9-10H,2-4,7-8H2,1H3,(H,18,23). The highest BCUT2D eigenvalue weighted by Gasteiger charge is 2.20. The Bertz CT molecular complexity index is 768. The molecule has 0 aliphatic carbocycles. The van der Waals surface area contributed by atoms with Gasteiger partial charge in [0.05, 0.1) is 16.8 Å². The maximum atomic E-state index is 12.5. The lowest BCUT2D eigenvalue weighted by atomic mass is 10.1. The number of aryl methyl sites for hydroxylation is 1. The molecule has 1 fully saturated rings. The smallest absolute Gasteiger partial charge is 0.277 e. The van der Waals surface area contributed by atoms with Crippen LogP contribution in [0.25, 0.3) is 0 Å². The van der Waals surface area contributed by atoms with Crippen LogP contribution in [0.15, 0.2) is 24.4 Å². The van der Waals surface area contributed by atoms with E-state index in [9.17, 15) is 9.59 Å². The Labute approximate surface area is 144 Å². The van der Waals surface area contributed by atoms with E-state index in [0.29, 0.717) is 16.3 Å². The summed E-state index contributed by atoms with van der Waals surface area (Å²) in [6.45, 7) is 1.53. The summed E-state index contributed by atoms with van der Waals surface area (Å²) < 4.78 is 1.45. The molecule has 1 aliphatic heterocycles. The zero-order valence-electron chi connectivity index (χ0n) is 13.3. The zero-order chi connectivity index (χ0) is 17.1. The Hall–Kier alpha value is -2.41. The highest BCUT2D eigenvalue weighted by atomic mass is 35.5. The van der Waals surface area contributed by atoms with Gasteiger partial charge in [-0.25, -0.2) is 0 Å². The summed E-state index contributed by atoms with van der Waals surface area (Å²) >= 11 is 6.25. The molecule has 3 rings (SSSR count). The molecular weight excluding hydrogens is 330 g/mol. The van der Waals surface area contributed by atoms with E-state index < -0.39 is 0 Å². The molecule has 1 aromatic heterocycles. The number of nitrogens with one attached hydrogen (secondary N) is 1. The number of benzene rings is 1. The van der Waals surface area contributed by atoms with E-state index in [4.69, 9.17) is 11.6 Å². The first-order valence-corrected chi connectivity index (χ1v) is 8.19. The molecule has 0 saturated carbocycles. The predicted molar refractivity (Wildman–Crippen MR) is 90.2 cm³/mol. The quantitative estimate of drug-likeness (QED) is 0.924. The second kappa shape index (κ2) is 7.00. The highest BCUT2D eigenvalue weighted by molar-refractivity contribution is 6.34. The number of likely N-dealkylation sites (tertiary alicyclic amines) is 1. The maximum Gasteiger partial charge on any atom is 0.277 e. The van der Waals surface area contributed by atoms with Gasteiger partial charge in [-0.05, 0) is 37.5 Å². The van der Waals surface area contributed by atoms with Crippen molar-refractivity contribution < 1.29 is 9.59 Å². The van der Waals surface area contributed by atoms with E-state index >= 15 is 0 Å². The summed E-state index contributed by atoms with van der Waals surface area (Å²) in [6, 6.07) is 4.88. The lowest BCUT2D eigenvalue weighted by Crippen LogP contribution is -2.35. The van der Waals surface area contributed by atoms with Crippen LogP contribution in [-0.4, -0.2) is 44.8 Å². The van der Waals surface area contributed by atoms with E-state index in [0.717, 1.165) is 32.4 Å². The molecule has 1 aliphatic rings. The third kappa shape index (κ3) is 3.56.